The number of methoxy groups -OCH3 is 1. The number of hydrogen-bond donors (Lipinski definition) is 0. The Morgan fingerprint density at radius 2 is 1.76 bits per heavy atom. The Morgan fingerprint density at radius 1 is 1.04 bits per heavy atom. The predicted molar refractivity (Wildman–Crippen MR) is 90.1 cm³/mol. The zero-order valence-electron chi connectivity index (χ0n) is 13.9. The van der Waals surface area contributed by atoms with E-state index in [1.807, 2.05) is 6.92 Å². The lowest BCUT2D eigenvalue weighted by Gasteiger charge is -2.06. The number of aromatic nitrogens is 3. The first kappa shape index (κ1) is 16.6. The van der Waals surface area contributed by atoms with E-state index in [0.717, 1.165) is 11.1 Å². The van der Waals surface area contributed by atoms with Crippen LogP contribution in [0.3, 0.4) is 0 Å². The maximum atomic E-state index is 12.2. The molecule has 0 aliphatic carbocycles. The third kappa shape index (κ3) is 3.50. The van der Waals surface area contributed by atoms with E-state index in [1.54, 1.807) is 47.1 Å². The molecule has 0 unspecified atom stereocenters. The second-order valence-electron chi connectivity index (χ2n) is 5.37. The number of nitrogens with zero attached hydrogens (tertiary/aromatic N) is 3. The van der Waals surface area contributed by atoms with Crippen molar-refractivity contribution < 1.29 is 19.1 Å². The van der Waals surface area contributed by atoms with Crippen LogP contribution >= 0.6 is 0 Å². The lowest BCUT2D eigenvalue weighted by atomic mass is 10.1. The van der Waals surface area contributed by atoms with Gasteiger partial charge in [0.15, 0.2) is 0 Å². The minimum atomic E-state index is -0.440. The molecule has 7 heteroatoms. The number of carbonyl (C=O) groups excluding carboxylic acids is 2. The first-order chi connectivity index (χ1) is 12.1. The number of ether oxygens (including phenoxy) is 2. The molecule has 25 heavy (non-hydrogen) atoms. The molecule has 7 nitrogen and oxygen atoms in total. The van der Waals surface area contributed by atoms with Crippen molar-refractivity contribution in [2.75, 3.05) is 7.11 Å². The second kappa shape index (κ2) is 7.12. The predicted octanol–water partition coefficient (Wildman–Crippen LogP) is 2.59. The van der Waals surface area contributed by atoms with Gasteiger partial charge in [-0.05, 0) is 42.8 Å². The van der Waals surface area contributed by atoms with Crippen molar-refractivity contribution in [3.8, 4) is 0 Å². The molecule has 0 aliphatic heterocycles. The molecule has 128 valence electrons. The molecular weight excluding hydrogens is 322 g/mol. The number of benzene rings is 2. The third-order valence-electron chi connectivity index (χ3n) is 3.79. The van der Waals surface area contributed by atoms with Crippen molar-refractivity contribution in [1.29, 1.82) is 0 Å². The van der Waals surface area contributed by atoms with Crippen LogP contribution in [0.4, 0.5) is 0 Å². The molecule has 2 aromatic carbocycles. The smallest absolute Gasteiger partial charge is 0.338 e. The maximum Gasteiger partial charge on any atom is 0.338 e. The number of aryl methyl sites for hydroxylation is 1. The maximum absolute atomic E-state index is 12.2. The van der Waals surface area contributed by atoms with Crippen molar-refractivity contribution in [2.45, 2.75) is 20.1 Å². The molecule has 1 aromatic heterocycles. The summed E-state index contributed by atoms with van der Waals surface area (Å²) in [6, 6.07) is 11.9. The third-order valence-corrected chi connectivity index (χ3v) is 3.79. The van der Waals surface area contributed by atoms with E-state index >= 15 is 0 Å². The Labute approximate surface area is 144 Å². The molecule has 0 N–H and O–H groups in total. The number of carbonyl (C=O) groups is 2. The van der Waals surface area contributed by atoms with Gasteiger partial charge in [0, 0.05) is 6.54 Å². The summed E-state index contributed by atoms with van der Waals surface area (Å²) in [5.74, 6) is -0.845. The van der Waals surface area contributed by atoms with Crippen molar-refractivity contribution in [1.82, 2.24) is 15.0 Å². The molecule has 0 fully saturated rings. The normalized spacial score (nSPS) is 10.6. The van der Waals surface area contributed by atoms with E-state index < -0.39 is 11.9 Å². The van der Waals surface area contributed by atoms with E-state index in [4.69, 9.17) is 4.74 Å². The fourth-order valence-corrected chi connectivity index (χ4v) is 2.42. The molecule has 0 atom stereocenters. The Hall–Kier alpha value is -3.22. The summed E-state index contributed by atoms with van der Waals surface area (Å²) in [7, 11) is 1.33. The van der Waals surface area contributed by atoms with Gasteiger partial charge in [0.2, 0.25) is 0 Å². The Morgan fingerprint density at radius 3 is 2.44 bits per heavy atom. The highest BCUT2D eigenvalue weighted by Gasteiger charge is 2.11. The first-order valence-electron chi connectivity index (χ1n) is 7.80. The lowest BCUT2D eigenvalue weighted by Crippen LogP contribution is -2.06. The minimum Gasteiger partial charge on any atom is -0.465 e. The van der Waals surface area contributed by atoms with E-state index in [-0.39, 0.29) is 6.61 Å². The van der Waals surface area contributed by atoms with Crippen LogP contribution in [-0.2, 0) is 22.6 Å². The Balaban J connectivity index is 1.67. The summed E-state index contributed by atoms with van der Waals surface area (Å²) in [4.78, 5) is 23.6. The highest BCUT2D eigenvalue weighted by atomic mass is 16.5. The summed E-state index contributed by atoms with van der Waals surface area (Å²) >= 11 is 0. The molecule has 0 spiro atoms. The first-order valence-corrected chi connectivity index (χ1v) is 7.80. The average molecular weight is 339 g/mol. The van der Waals surface area contributed by atoms with Gasteiger partial charge in [-0.2, -0.15) is 0 Å². The summed E-state index contributed by atoms with van der Waals surface area (Å²) in [6.07, 6.45) is 0. The van der Waals surface area contributed by atoms with Gasteiger partial charge in [0.25, 0.3) is 0 Å². The highest BCUT2D eigenvalue weighted by Crippen LogP contribution is 2.15. The number of fused-ring (bicyclic) bond motifs is 1. The molecule has 0 bridgehead atoms. The van der Waals surface area contributed by atoms with Gasteiger partial charge < -0.3 is 9.47 Å². The fraction of sp³-hybridized carbons (Fsp3) is 0.222. The Kier molecular flexibility index (Phi) is 4.74. The number of esters is 2. The minimum absolute atomic E-state index is 0.111. The summed E-state index contributed by atoms with van der Waals surface area (Å²) in [6.45, 7) is 2.80. The molecule has 0 amide bonds. The van der Waals surface area contributed by atoms with Gasteiger partial charge in [-0.3, -0.25) is 0 Å². The van der Waals surface area contributed by atoms with Crippen LogP contribution in [0.1, 0.15) is 33.2 Å². The van der Waals surface area contributed by atoms with Gasteiger partial charge >= 0.3 is 11.9 Å². The van der Waals surface area contributed by atoms with Gasteiger partial charge in [0.1, 0.15) is 12.1 Å². The van der Waals surface area contributed by atoms with Gasteiger partial charge in [-0.1, -0.05) is 17.3 Å². The molecule has 0 aliphatic rings. The van der Waals surface area contributed by atoms with Crippen LogP contribution in [0.2, 0.25) is 0 Å². The van der Waals surface area contributed by atoms with Gasteiger partial charge in [-0.25, -0.2) is 14.3 Å². The summed E-state index contributed by atoms with van der Waals surface area (Å²) in [5.41, 5.74) is 3.17. The summed E-state index contributed by atoms with van der Waals surface area (Å²) in [5, 5.41) is 8.06. The monoisotopic (exact) mass is 339 g/mol. The van der Waals surface area contributed by atoms with Crippen molar-refractivity contribution in [3.05, 3.63) is 59.2 Å². The Bertz CT molecular complexity index is 916. The van der Waals surface area contributed by atoms with E-state index in [2.05, 4.69) is 15.0 Å². The van der Waals surface area contributed by atoms with E-state index in [9.17, 15) is 9.59 Å². The van der Waals surface area contributed by atoms with Gasteiger partial charge in [0.05, 0.1) is 23.8 Å². The SMILES string of the molecule is CCn1nnc2cc(C(=O)OCc3ccc(C(=O)OC)cc3)ccc21. The second-order valence-corrected chi connectivity index (χ2v) is 5.37. The molecule has 0 radical (unpaired) electrons. The zero-order valence-corrected chi connectivity index (χ0v) is 13.9. The van der Waals surface area contributed by atoms with E-state index in [1.165, 1.54) is 7.11 Å². The topological polar surface area (TPSA) is 83.3 Å². The van der Waals surface area contributed by atoms with Crippen molar-refractivity contribution >= 4 is 23.0 Å². The molecule has 0 saturated carbocycles. The van der Waals surface area contributed by atoms with Crippen LogP contribution in [0.15, 0.2) is 42.5 Å². The molecular formula is C18H17N3O4. The zero-order chi connectivity index (χ0) is 17.8. The molecule has 3 rings (SSSR count). The van der Waals surface area contributed by atoms with E-state index in [0.29, 0.717) is 23.2 Å². The van der Waals surface area contributed by atoms with Crippen LogP contribution < -0.4 is 0 Å². The van der Waals surface area contributed by atoms with Crippen LogP contribution in [0.5, 0.6) is 0 Å². The van der Waals surface area contributed by atoms with Crippen LogP contribution in [-0.4, -0.2) is 34.0 Å². The van der Waals surface area contributed by atoms with Crippen molar-refractivity contribution in [2.24, 2.45) is 0 Å². The van der Waals surface area contributed by atoms with Crippen LogP contribution in [0.25, 0.3) is 11.0 Å². The largest absolute Gasteiger partial charge is 0.465 e. The standard InChI is InChI=1S/C18H17N3O4/c1-3-21-16-9-8-14(10-15(16)19-20-21)18(23)25-11-12-4-6-13(7-5-12)17(22)24-2/h4-10H,3,11H2,1-2H3. The molecule has 1 heterocycles. The van der Waals surface area contributed by atoms with Gasteiger partial charge in [-0.15, -0.1) is 5.10 Å². The highest BCUT2D eigenvalue weighted by molar-refractivity contribution is 5.93. The van der Waals surface area contributed by atoms with Crippen molar-refractivity contribution in [3.63, 3.8) is 0 Å². The number of hydrogen-bond acceptors (Lipinski definition) is 6. The summed E-state index contributed by atoms with van der Waals surface area (Å²) < 4.78 is 11.7. The van der Waals surface area contributed by atoms with Crippen LogP contribution in [0, 0.1) is 0 Å². The fourth-order valence-electron chi connectivity index (χ4n) is 2.42. The quantitative estimate of drug-likeness (QED) is 0.665. The number of rotatable bonds is 5. The average Bonchev–Trinajstić information content (AvgIpc) is 3.08. The molecule has 3 aromatic rings. The lowest BCUT2D eigenvalue weighted by molar-refractivity contribution is 0.0471. The molecule has 0 saturated heterocycles.